The number of pyridine rings is 1. The fourth-order valence-electron chi connectivity index (χ4n) is 4.02. The lowest BCUT2D eigenvalue weighted by Crippen LogP contribution is -2.55. The summed E-state index contributed by atoms with van der Waals surface area (Å²) in [5, 5.41) is 7.58. The highest BCUT2D eigenvalue weighted by atomic mass is 35.5. The minimum Gasteiger partial charge on any atom is -0.313 e. The number of alkyl halides is 1. The summed E-state index contributed by atoms with van der Waals surface area (Å²) in [5.41, 5.74) is 0.829. The van der Waals surface area contributed by atoms with Gasteiger partial charge in [0.05, 0.1) is 11.4 Å². The molecule has 9 heteroatoms. The highest BCUT2D eigenvalue weighted by Crippen LogP contribution is 2.29. The molecule has 2 aromatic carbocycles. The van der Waals surface area contributed by atoms with Crippen LogP contribution in [-0.4, -0.2) is 44.7 Å². The van der Waals surface area contributed by atoms with Crippen LogP contribution >= 0.6 is 11.6 Å². The molecule has 0 amide bonds. The first kappa shape index (κ1) is 21.5. The highest BCUT2D eigenvalue weighted by molar-refractivity contribution is 6.20. The Balaban J connectivity index is 1.77. The standard InChI is InChI=1S/C24H22ClFN6O/c1-16-19-14-28-24(29-22(19)31(23(33)21(16)26)17-8-4-2-5-9-17)32(18-10-6-3-7-11-18)30-13-12-27-15-20(30)25/h2-11,14,20,27H,12-13,15H2,1H3. The third kappa shape index (κ3) is 3.86. The number of aryl methyl sites for hydroxylation is 1. The van der Waals surface area contributed by atoms with E-state index in [1.165, 1.54) is 4.57 Å². The second-order valence-corrected chi connectivity index (χ2v) is 8.28. The molecule has 0 radical (unpaired) electrons. The molecule has 1 fully saturated rings. The maximum absolute atomic E-state index is 14.8. The van der Waals surface area contributed by atoms with Gasteiger partial charge >= 0.3 is 0 Å². The summed E-state index contributed by atoms with van der Waals surface area (Å²) in [5.74, 6) is -0.470. The molecule has 168 valence electrons. The van der Waals surface area contributed by atoms with Gasteiger partial charge < -0.3 is 5.32 Å². The maximum atomic E-state index is 14.8. The van der Waals surface area contributed by atoms with E-state index < -0.39 is 11.4 Å². The molecule has 0 bridgehead atoms. The molecule has 3 heterocycles. The molecule has 5 rings (SSSR count). The van der Waals surface area contributed by atoms with Crippen molar-refractivity contribution in [2.45, 2.75) is 12.4 Å². The van der Waals surface area contributed by atoms with E-state index in [1.807, 2.05) is 46.4 Å². The van der Waals surface area contributed by atoms with Crippen molar-refractivity contribution in [1.29, 1.82) is 0 Å². The molecule has 0 spiro atoms. The van der Waals surface area contributed by atoms with Crippen molar-refractivity contribution in [2.24, 2.45) is 0 Å². The van der Waals surface area contributed by atoms with E-state index in [1.54, 1.807) is 37.4 Å². The number of hydrogen-bond donors (Lipinski definition) is 1. The van der Waals surface area contributed by atoms with Gasteiger partial charge in [0.25, 0.3) is 5.56 Å². The average molecular weight is 465 g/mol. The summed E-state index contributed by atoms with van der Waals surface area (Å²) in [4.78, 5) is 22.3. The van der Waals surface area contributed by atoms with Crippen LogP contribution in [0.25, 0.3) is 16.7 Å². The first-order valence-corrected chi connectivity index (χ1v) is 11.1. The van der Waals surface area contributed by atoms with Gasteiger partial charge in [0.15, 0.2) is 11.5 Å². The number of hydrogen-bond acceptors (Lipinski definition) is 6. The third-order valence-electron chi connectivity index (χ3n) is 5.71. The number of anilines is 2. The number of piperazine rings is 1. The van der Waals surface area contributed by atoms with Crippen LogP contribution in [0.5, 0.6) is 0 Å². The SMILES string of the molecule is Cc1c(F)c(=O)n(-c2ccccc2)c2nc(N(c3ccccc3)N3CCNCC3Cl)ncc12. The number of halogens is 2. The van der Waals surface area contributed by atoms with Crippen molar-refractivity contribution in [3.05, 3.63) is 88.6 Å². The Morgan fingerprint density at radius 3 is 2.52 bits per heavy atom. The van der Waals surface area contributed by atoms with Crippen molar-refractivity contribution in [2.75, 3.05) is 24.6 Å². The van der Waals surface area contributed by atoms with Crippen LogP contribution in [-0.2, 0) is 0 Å². The zero-order valence-corrected chi connectivity index (χ0v) is 18.7. The zero-order chi connectivity index (χ0) is 22.9. The van der Waals surface area contributed by atoms with E-state index in [9.17, 15) is 9.18 Å². The van der Waals surface area contributed by atoms with E-state index >= 15 is 0 Å². The molecule has 0 aliphatic carbocycles. The molecular weight excluding hydrogens is 443 g/mol. The Kier molecular flexibility index (Phi) is 5.80. The molecule has 1 N–H and O–H groups in total. The van der Waals surface area contributed by atoms with E-state index in [2.05, 4.69) is 10.3 Å². The van der Waals surface area contributed by atoms with Gasteiger partial charge in [-0.3, -0.25) is 9.36 Å². The number of benzene rings is 2. The van der Waals surface area contributed by atoms with Gasteiger partial charge in [0, 0.05) is 36.8 Å². The van der Waals surface area contributed by atoms with E-state index in [-0.39, 0.29) is 11.1 Å². The number of rotatable bonds is 4. The molecule has 1 unspecified atom stereocenters. The smallest absolute Gasteiger partial charge is 0.293 e. The van der Waals surface area contributed by atoms with Gasteiger partial charge in [-0.25, -0.2) is 14.4 Å². The molecule has 1 atom stereocenters. The largest absolute Gasteiger partial charge is 0.313 e. The lowest BCUT2D eigenvalue weighted by molar-refractivity contribution is 0.213. The lowest BCUT2D eigenvalue weighted by atomic mass is 10.2. The molecule has 0 saturated carbocycles. The van der Waals surface area contributed by atoms with Gasteiger partial charge in [-0.1, -0.05) is 36.4 Å². The van der Waals surface area contributed by atoms with E-state index in [4.69, 9.17) is 16.6 Å². The molecule has 1 saturated heterocycles. The summed E-state index contributed by atoms with van der Waals surface area (Å²) in [7, 11) is 0. The van der Waals surface area contributed by atoms with Crippen molar-refractivity contribution >= 4 is 34.3 Å². The molecule has 1 aliphatic rings. The minimum absolute atomic E-state index is 0.220. The Bertz CT molecular complexity index is 1350. The van der Waals surface area contributed by atoms with Crippen molar-refractivity contribution < 1.29 is 4.39 Å². The predicted octanol–water partition coefficient (Wildman–Crippen LogP) is 3.75. The van der Waals surface area contributed by atoms with Crippen molar-refractivity contribution in [3.8, 4) is 5.69 Å². The van der Waals surface area contributed by atoms with E-state index in [0.717, 1.165) is 12.2 Å². The molecule has 33 heavy (non-hydrogen) atoms. The molecule has 1 aliphatic heterocycles. The normalized spacial score (nSPS) is 16.8. The molecular formula is C24H22ClFN6O. The Morgan fingerprint density at radius 1 is 1.12 bits per heavy atom. The molecule has 7 nitrogen and oxygen atoms in total. The average Bonchev–Trinajstić information content (AvgIpc) is 2.85. The van der Waals surface area contributed by atoms with Gasteiger partial charge in [-0.15, -0.1) is 11.6 Å². The first-order valence-electron chi connectivity index (χ1n) is 10.7. The van der Waals surface area contributed by atoms with Crippen LogP contribution in [0.1, 0.15) is 5.56 Å². The highest BCUT2D eigenvalue weighted by Gasteiger charge is 2.29. The van der Waals surface area contributed by atoms with Gasteiger partial charge in [-0.2, -0.15) is 9.99 Å². The summed E-state index contributed by atoms with van der Waals surface area (Å²) in [6.07, 6.45) is 1.57. The van der Waals surface area contributed by atoms with E-state index in [0.29, 0.717) is 35.8 Å². The van der Waals surface area contributed by atoms with Gasteiger partial charge in [0.1, 0.15) is 5.50 Å². The number of nitrogens with one attached hydrogen (secondary N) is 1. The Morgan fingerprint density at radius 2 is 1.82 bits per heavy atom. The van der Waals surface area contributed by atoms with Gasteiger partial charge in [0.2, 0.25) is 5.95 Å². The number of fused-ring (bicyclic) bond motifs is 1. The lowest BCUT2D eigenvalue weighted by Gasteiger charge is -2.40. The predicted molar refractivity (Wildman–Crippen MR) is 128 cm³/mol. The summed E-state index contributed by atoms with van der Waals surface area (Å²) < 4.78 is 16.1. The van der Waals surface area contributed by atoms with Crippen LogP contribution in [0.15, 0.2) is 71.7 Å². The summed E-state index contributed by atoms with van der Waals surface area (Å²) >= 11 is 6.66. The number of nitrogens with zero attached hydrogens (tertiary/aromatic N) is 5. The second-order valence-electron chi connectivity index (χ2n) is 7.77. The first-order chi connectivity index (χ1) is 16.1. The van der Waals surface area contributed by atoms with Crippen LogP contribution in [0.2, 0.25) is 0 Å². The van der Waals surface area contributed by atoms with Crippen LogP contribution < -0.4 is 15.9 Å². The zero-order valence-electron chi connectivity index (χ0n) is 17.9. The Hall–Kier alpha value is -3.33. The summed E-state index contributed by atoms with van der Waals surface area (Å²) in [6.45, 7) is 3.55. The fourth-order valence-corrected chi connectivity index (χ4v) is 4.32. The number of aromatic nitrogens is 3. The van der Waals surface area contributed by atoms with Crippen LogP contribution in [0.4, 0.5) is 16.0 Å². The maximum Gasteiger partial charge on any atom is 0.293 e. The number of para-hydroxylation sites is 2. The van der Waals surface area contributed by atoms with Crippen molar-refractivity contribution in [3.63, 3.8) is 0 Å². The molecule has 4 aromatic rings. The van der Waals surface area contributed by atoms with Gasteiger partial charge in [-0.05, 0) is 31.2 Å². The topological polar surface area (TPSA) is 66.3 Å². The monoisotopic (exact) mass is 464 g/mol. The third-order valence-corrected chi connectivity index (χ3v) is 6.09. The van der Waals surface area contributed by atoms with Crippen LogP contribution in [0.3, 0.4) is 0 Å². The summed E-state index contributed by atoms with van der Waals surface area (Å²) in [6, 6.07) is 18.6. The molecule has 2 aromatic heterocycles. The minimum atomic E-state index is -0.814. The van der Waals surface area contributed by atoms with Crippen LogP contribution in [0, 0.1) is 12.7 Å². The number of hydrazine groups is 1. The Labute approximate surface area is 195 Å². The second kappa shape index (κ2) is 8.90. The van der Waals surface area contributed by atoms with Crippen molar-refractivity contribution in [1.82, 2.24) is 24.9 Å². The quantitative estimate of drug-likeness (QED) is 0.366. The fraction of sp³-hybridized carbons (Fsp3) is 0.208.